The fraction of sp³-hybridized carbons (Fsp3) is 0.538. The molecule has 0 bridgehead atoms. The third-order valence-corrected chi connectivity index (χ3v) is 4.15. The van der Waals surface area contributed by atoms with E-state index in [9.17, 15) is 10.1 Å². The van der Waals surface area contributed by atoms with Gasteiger partial charge in [-0.2, -0.15) is 0 Å². The van der Waals surface area contributed by atoms with Gasteiger partial charge in [0.1, 0.15) is 5.60 Å². The highest BCUT2D eigenvalue weighted by Gasteiger charge is 2.34. The maximum atomic E-state index is 10.9. The van der Waals surface area contributed by atoms with Gasteiger partial charge in [-0.3, -0.25) is 10.1 Å². The molecule has 0 aliphatic carbocycles. The third kappa shape index (κ3) is 3.54. The van der Waals surface area contributed by atoms with Crippen molar-refractivity contribution in [1.82, 2.24) is 5.32 Å². The summed E-state index contributed by atoms with van der Waals surface area (Å²) in [5.74, 6) is 0. The van der Waals surface area contributed by atoms with E-state index in [1.165, 1.54) is 0 Å². The van der Waals surface area contributed by atoms with E-state index in [1.807, 2.05) is 6.07 Å². The zero-order valence-corrected chi connectivity index (χ0v) is 12.8. The smallest absolute Gasteiger partial charge is 0.283 e. The van der Waals surface area contributed by atoms with Crippen molar-refractivity contribution in [3.63, 3.8) is 0 Å². The van der Waals surface area contributed by atoms with Crippen molar-refractivity contribution in [3.05, 3.63) is 38.3 Å². The van der Waals surface area contributed by atoms with E-state index >= 15 is 0 Å². The van der Waals surface area contributed by atoms with Crippen LogP contribution in [-0.4, -0.2) is 37.4 Å². The first-order valence-corrected chi connectivity index (χ1v) is 7.12. The Bertz CT molecular complexity index is 489. The predicted molar refractivity (Wildman–Crippen MR) is 77.7 cm³/mol. The van der Waals surface area contributed by atoms with E-state index in [1.54, 1.807) is 19.2 Å². The maximum absolute atomic E-state index is 10.9. The van der Waals surface area contributed by atoms with Gasteiger partial charge in [0.05, 0.1) is 16.0 Å². The molecule has 1 atom stereocenters. The molecule has 1 aliphatic heterocycles. The van der Waals surface area contributed by atoms with E-state index in [0.29, 0.717) is 30.8 Å². The zero-order valence-electron chi connectivity index (χ0n) is 11.2. The number of methoxy groups -OCH3 is 1. The van der Waals surface area contributed by atoms with E-state index in [-0.39, 0.29) is 11.3 Å². The number of benzene rings is 1. The Balaban J connectivity index is 1.94. The molecule has 2 rings (SSSR count). The molecule has 0 spiro atoms. The summed E-state index contributed by atoms with van der Waals surface area (Å²) in [7, 11) is 1.68. The molecule has 7 heteroatoms. The minimum Gasteiger partial charge on any atom is -0.378 e. The van der Waals surface area contributed by atoms with Gasteiger partial charge in [-0.15, -0.1) is 0 Å². The van der Waals surface area contributed by atoms with Gasteiger partial charge < -0.3 is 14.8 Å². The van der Waals surface area contributed by atoms with Gasteiger partial charge in [-0.05, 0) is 27.6 Å². The maximum Gasteiger partial charge on any atom is 0.283 e. The van der Waals surface area contributed by atoms with Crippen LogP contribution < -0.4 is 5.32 Å². The van der Waals surface area contributed by atoms with Gasteiger partial charge >= 0.3 is 0 Å². The molecule has 0 radical (unpaired) electrons. The average Bonchev–Trinajstić information content (AvgIpc) is 2.90. The Kier molecular flexibility index (Phi) is 5.09. The van der Waals surface area contributed by atoms with E-state index < -0.39 is 4.92 Å². The average molecular weight is 345 g/mol. The lowest BCUT2D eigenvalue weighted by molar-refractivity contribution is -0.385. The summed E-state index contributed by atoms with van der Waals surface area (Å²) in [6, 6.07) is 5.12. The minimum absolute atomic E-state index is 0.0787. The molecule has 110 valence electrons. The van der Waals surface area contributed by atoms with Gasteiger partial charge in [-0.1, -0.05) is 6.07 Å². The Morgan fingerprint density at radius 2 is 2.40 bits per heavy atom. The van der Waals surface area contributed by atoms with E-state index in [0.717, 1.165) is 12.0 Å². The summed E-state index contributed by atoms with van der Waals surface area (Å²) < 4.78 is 11.4. The number of ether oxygens (including phenoxy) is 2. The van der Waals surface area contributed by atoms with Gasteiger partial charge in [0.25, 0.3) is 5.69 Å². The molecule has 0 aromatic heterocycles. The fourth-order valence-electron chi connectivity index (χ4n) is 2.20. The second-order valence-corrected chi connectivity index (χ2v) is 5.69. The Labute approximate surface area is 125 Å². The largest absolute Gasteiger partial charge is 0.378 e. The topological polar surface area (TPSA) is 73.6 Å². The second kappa shape index (κ2) is 6.62. The lowest BCUT2D eigenvalue weighted by Crippen LogP contribution is -2.42. The van der Waals surface area contributed by atoms with Crippen LogP contribution in [0.25, 0.3) is 0 Å². The first kappa shape index (κ1) is 15.4. The lowest BCUT2D eigenvalue weighted by Gasteiger charge is -2.26. The van der Waals surface area contributed by atoms with Crippen LogP contribution in [-0.2, 0) is 16.0 Å². The highest BCUT2D eigenvalue weighted by Crippen LogP contribution is 2.26. The van der Waals surface area contributed by atoms with E-state index in [2.05, 4.69) is 21.2 Å². The van der Waals surface area contributed by atoms with Crippen LogP contribution in [0.5, 0.6) is 0 Å². The fourth-order valence-corrected chi connectivity index (χ4v) is 2.60. The highest BCUT2D eigenvalue weighted by molar-refractivity contribution is 9.10. The molecule has 1 aromatic rings. The van der Waals surface area contributed by atoms with Gasteiger partial charge in [0.15, 0.2) is 0 Å². The van der Waals surface area contributed by atoms with Crippen LogP contribution in [0.4, 0.5) is 5.69 Å². The molecule has 20 heavy (non-hydrogen) atoms. The monoisotopic (exact) mass is 344 g/mol. The number of nitro benzene ring substituents is 1. The molecular weight excluding hydrogens is 328 g/mol. The highest BCUT2D eigenvalue weighted by atomic mass is 79.9. The normalized spacial score (nSPS) is 22.1. The van der Waals surface area contributed by atoms with Crippen molar-refractivity contribution in [2.75, 3.05) is 26.9 Å². The standard InChI is InChI=1S/C13H17BrN2O4/c1-19-13(4-5-20-9-13)8-15-7-10-2-3-11(14)12(6-10)16(17)18/h2-3,6,15H,4-5,7-9H2,1H3. The zero-order chi connectivity index (χ0) is 14.6. The molecule has 1 saturated heterocycles. The first-order chi connectivity index (χ1) is 9.56. The molecule has 1 aliphatic rings. The summed E-state index contributed by atoms with van der Waals surface area (Å²) in [5, 5.41) is 14.2. The van der Waals surface area contributed by atoms with Crippen LogP contribution in [0.1, 0.15) is 12.0 Å². The van der Waals surface area contributed by atoms with E-state index in [4.69, 9.17) is 9.47 Å². The Morgan fingerprint density at radius 3 is 3.00 bits per heavy atom. The van der Waals surface area contributed by atoms with Crippen LogP contribution in [0.15, 0.2) is 22.7 Å². The molecule has 1 heterocycles. The SMILES string of the molecule is COC1(CNCc2ccc(Br)c([N+](=O)[O-])c2)CCOC1. The summed E-state index contributed by atoms with van der Waals surface area (Å²) in [6.07, 6.45) is 0.858. The van der Waals surface area contributed by atoms with Gasteiger partial charge in [0.2, 0.25) is 0 Å². The number of nitrogens with one attached hydrogen (secondary N) is 1. The molecule has 0 saturated carbocycles. The number of halogens is 1. The first-order valence-electron chi connectivity index (χ1n) is 6.33. The van der Waals surface area contributed by atoms with Crippen molar-refractivity contribution >= 4 is 21.6 Å². The summed E-state index contributed by atoms with van der Waals surface area (Å²) in [4.78, 5) is 10.5. The van der Waals surface area contributed by atoms with Crippen LogP contribution >= 0.6 is 15.9 Å². The molecule has 1 fully saturated rings. The van der Waals surface area contributed by atoms with Crippen molar-refractivity contribution in [2.24, 2.45) is 0 Å². The third-order valence-electron chi connectivity index (χ3n) is 3.48. The number of hydrogen-bond donors (Lipinski definition) is 1. The number of nitrogens with zero attached hydrogens (tertiary/aromatic N) is 1. The summed E-state index contributed by atoms with van der Waals surface area (Å²) in [5.41, 5.74) is 0.668. The van der Waals surface area contributed by atoms with Crippen LogP contribution in [0, 0.1) is 10.1 Å². The molecular formula is C13H17BrN2O4. The lowest BCUT2D eigenvalue weighted by atomic mass is 10.0. The van der Waals surface area contributed by atoms with Gasteiger partial charge in [-0.25, -0.2) is 0 Å². The number of rotatable bonds is 6. The van der Waals surface area contributed by atoms with Crippen molar-refractivity contribution in [2.45, 2.75) is 18.6 Å². The van der Waals surface area contributed by atoms with Crippen molar-refractivity contribution in [1.29, 1.82) is 0 Å². The van der Waals surface area contributed by atoms with Crippen molar-refractivity contribution in [3.8, 4) is 0 Å². The summed E-state index contributed by atoms with van der Waals surface area (Å²) in [6.45, 7) is 2.50. The quantitative estimate of drug-likeness (QED) is 0.632. The second-order valence-electron chi connectivity index (χ2n) is 4.84. The Hall–Kier alpha value is -1.02. The predicted octanol–water partition coefficient (Wildman–Crippen LogP) is 2.25. The molecule has 6 nitrogen and oxygen atoms in total. The minimum atomic E-state index is -0.394. The van der Waals surface area contributed by atoms with Crippen LogP contribution in [0.3, 0.4) is 0 Å². The summed E-state index contributed by atoms with van der Waals surface area (Å²) >= 11 is 3.17. The molecule has 1 N–H and O–H groups in total. The molecule has 1 unspecified atom stereocenters. The van der Waals surface area contributed by atoms with Crippen molar-refractivity contribution < 1.29 is 14.4 Å². The molecule has 0 amide bonds. The molecule has 1 aromatic carbocycles. The number of nitro groups is 1. The van der Waals surface area contributed by atoms with Crippen LogP contribution in [0.2, 0.25) is 0 Å². The van der Waals surface area contributed by atoms with Gasteiger partial charge in [0, 0.05) is 39.3 Å². The number of hydrogen-bond acceptors (Lipinski definition) is 5. The Morgan fingerprint density at radius 1 is 1.60 bits per heavy atom.